The third kappa shape index (κ3) is 2.36. The van der Waals surface area contributed by atoms with Crippen LogP contribution in [0.2, 0.25) is 0 Å². The molecule has 142 valence electrons. The maximum absolute atomic E-state index is 14.5. The molecule has 1 aliphatic rings. The molecule has 1 aliphatic heterocycles. The van der Waals surface area contributed by atoms with E-state index in [0.717, 1.165) is 0 Å². The lowest BCUT2D eigenvalue weighted by atomic mass is 9.72. The van der Waals surface area contributed by atoms with Gasteiger partial charge in [-0.25, -0.2) is 0 Å². The Balaban J connectivity index is 2.55. The Morgan fingerprint density at radius 3 is 2.63 bits per heavy atom. The third-order valence-electron chi connectivity index (χ3n) is 4.54. The van der Waals surface area contributed by atoms with E-state index in [0.29, 0.717) is 16.6 Å². The van der Waals surface area contributed by atoms with Gasteiger partial charge >= 0.3 is 12.1 Å². The molecule has 0 radical (unpaired) electrons. The number of H-pyrrole nitrogens is 1. The Kier molecular flexibility index (Phi) is 4.10. The van der Waals surface area contributed by atoms with Crippen LogP contribution in [0.3, 0.4) is 0 Å². The summed E-state index contributed by atoms with van der Waals surface area (Å²) in [5.74, 6) is -2.75. The first kappa shape index (κ1) is 18.6. The fourth-order valence-electron chi connectivity index (χ4n) is 3.53. The lowest BCUT2D eigenvalue weighted by Crippen LogP contribution is -2.54. The van der Waals surface area contributed by atoms with Crippen molar-refractivity contribution in [3.05, 3.63) is 40.3 Å². The Labute approximate surface area is 152 Å². The molecule has 0 aliphatic carbocycles. The average molecular weight is 379 g/mol. The quantitative estimate of drug-likeness (QED) is 0.780. The second-order valence-electron chi connectivity index (χ2n) is 6.25. The van der Waals surface area contributed by atoms with Crippen molar-refractivity contribution in [2.24, 2.45) is 5.73 Å². The van der Waals surface area contributed by atoms with E-state index >= 15 is 0 Å². The van der Waals surface area contributed by atoms with Crippen LogP contribution in [0.4, 0.5) is 13.2 Å². The van der Waals surface area contributed by atoms with E-state index in [-0.39, 0.29) is 17.9 Å². The Bertz CT molecular complexity index is 1030. The molecule has 3 rings (SSSR count). The molecule has 0 unspecified atom stereocenters. The number of aromatic amines is 1. The molecule has 0 saturated heterocycles. The van der Waals surface area contributed by atoms with Gasteiger partial charge in [-0.15, -0.1) is 0 Å². The SMILES string of the molecule is CCOC(=O)[C@@]1(C(F)(F)F)C(C#N)=C(N)Oc2[nH]c3c(C)cc(C)cc3c21. The molecule has 27 heavy (non-hydrogen) atoms. The molecule has 2 aromatic rings. The summed E-state index contributed by atoms with van der Waals surface area (Å²) in [4.78, 5) is 15.5. The van der Waals surface area contributed by atoms with Gasteiger partial charge in [-0.1, -0.05) is 11.6 Å². The molecule has 1 atom stereocenters. The molecule has 0 saturated carbocycles. The zero-order chi connectivity index (χ0) is 20.1. The number of alkyl halides is 3. The highest BCUT2D eigenvalue weighted by Gasteiger charge is 2.70. The van der Waals surface area contributed by atoms with E-state index in [4.69, 9.17) is 15.2 Å². The Morgan fingerprint density at radius 1 is 1.41 bits per heavy atom. The second kappa shape index (κ2) is 5.94. The first-order chi connectivity index (χ1) is 12.6. The van der Waals surface area contributed by atoms with Crippen LogP contribution in [0.25, 0.3) is 10.9 Å². The molecule has 1 aromatic heterocycles. The zero-order valence-corrected chi connectivity index (χ0v) is 14.7. The number of fused-ring (bicyclic) bond motifs is 3. The summed E-state index contributed by atoms with van der Waals surface area (Å²) in [6.07, 6.45) is -5.19. The first-order valence-electron chi connectivity index (χ1n) is 8.05. The highest BCUT2D eigenvalue weighted by Crippen LogP contribution is 2.55. The number of carbonyl (C=O) groups is 1. The maximum Gasteiger partial charge on any atom is 0.414 e. The standard InChI is InChI=1S/C18H16F3N3O3/c1-4-26-16(25)17(18(19,20)21)11(7-22)14(23)27-15-12(17)10-6-8(2)5-9(3)13(10)24-15/h5-6,24H,4,23H2,1-3H3/t17-/m1/s1. The minimum absolute atomic E-state index is 0.119. The number of hydrogen-bond donors (Lipinski definition) is 2. The van der Waals surface area contributed by atoms with Crippen LogP contribution < -0.4 is 10.5 Å². The lowest BCUT2D eigenvalue weighted by molar-refractivity contribution is -0.201. The number of nitrogens with two attached hydrogens (primary N) is 1. The summed E-state index contributed by atoms with van der Waals surface area (Å²) in [5, 5.41) is 9.55. The van der Waals surface area contributed by atoms with E-state index in [1.807, 2.05) is 0 Å². The zero-order valence-electron chi connectivity index (χ0n) is 14.7. The van der Waals surface area contributed by atoms with Crippen LogP contribution in [0.1, 0.15) is 23.6 Å². The van der Waals surface area contributed by atoms with Crippen molar-refractivity contribution in [3.63, 3.8) is 0 Å². The minimum Gasteiger partial charge on any atom is -0.465 e. The summed E-state index contributed by atoms with van der Waals surface area (Å²) < 4.78 is 53.4. The average Bonchev–Trinajstić information content (AvgIpc) is 2.91. The number of ether oxygens (including phenoxy) is 2. The van der Waals surface area contributed by atoms with E-state index in [1.165, 1.54) is 19.1 Å². The highest BCUT2D eigenvalue weighted by atomic mass is 19.4. The summed E-state index contributed by atoms with van der Waals surface area (Å²) in [7, 11) is 0. The van der Waals surface area contributed by atoms with Crippen LogP contribution in [0, 0.1) is 25.2 Å². The number of rotatable bonds is 2. The monoisotopic (exact) mass is 379 g/mol. The van der Waals surface area contributed by atoms with Crippen LogP contribution in [-0.2, 0) is 14.9 Å². The van der Waals surface area contributed by atoms with Crippen molar-refractivity contribution in [2.45, 2.75) is 32.4 Å². The number of esters is 1. The molecule has 9 heteroatoms. The van der Waals surface area contributed by atoms with Crippen molar-refractivity contribution < 1.29 is 27.4 Å². The van der Waals surface area contributed by atoms with Crippen LogP contribution in [0.5, 0.6) is 5.88 Å². The van der Waals surface area contributed by atoms with Crippen LogP contribution in [-0.4, -0.2) is 23.7 Å². The molecule has 0 fully saturated rings. The first-order valence-corrected chi connectivity index (χ1v) is 8.05. The number of aryl methyl sites for hydroxylation is 2. The topological polar surface area (TPSA) is 101 Å². The maximum atomic E-state index is 14.5. The fraction of sp³-hybridized carbons (Fsp3) is 0.333. The molecule has 0 spiro atoms. The number of aromatic nitrogens is 1. The van der Waals surface area contributed by atoms with Gasteiger partial charge < -0.3 is 20.2 Å². The smallest absolute Gasteiger partial charge is 0.414 e. The van der Waals surface area contributed by atoms with Crippen molar-refractivity contribution >= 4 is 16.9 Å². The van der Waals surface area contributed by atoms with Gasteiger partial charge in [0.25, 0.3) is 0 Å². The molecular formula is C18H16F3N3O3. The van der Waals surface area contributed by atoms with Crippen molar-refractivity contribution in [3.8, 4) is 11.9 Å². The van der Waals surface area contributed by atoms with Gasteiger partial charge in [0.15, 0.2) is 0 Å². The van der Waals surface area contributed by atoms with E-state index in [1.54, 1.807) is 19.9 Å². The molecular weight excluding hydrogens is 363 g/mol. The van der Waals surface area contributed by atoms with Gasteiger partial charge in [0.1, 0.15) is 11.6 Å². The third-order valence-corrected chi connectivity index (χ3v) is 4.54. The normalized spacial score (nSPS) is 19.4. The van der Waals surface area contributed by atoms with Gasteiger partial charge in [0.2, 0.25) is 17.2 Å². The van der Waals surface area contributed by atoms with E-state index in [2.05, 4.69) is 4.98 Å². The fourth-order valence-corrected chi connectivity index (χ4v) is 3.53. The summed E-state index contributed by atoms with van der Waals surface area (Å²) in [6, 6.07) is 4.68. The van der Waals surface area contributed by atoms with Gasteiger partial charge in [-0.05, 0) is 32.4 Å². The molecule has 0 bridgehead atoms. The van der Waals surface area contributed by atoms with Gasteiger partial charge in [0, 0.05) is 5.39 Å². The van der Waals surface area contributed by atoms with Gasteiger partial charge in [0.05, 0.1) is 17.7 Å². The summed E-state index contributed by atoms with van der Waals surface area (Å²) in [5.41, 5.74) is 2.37. The minimum atomic E-state index is -5.19. The van der Waals surface area contributed by atoms with Gasteiger partial charge in [-0.3, -0.25) is 4.79 Å². The summed E-state index contributed by atoms with van der Waals surface area (Å²) >= 11 is 0. The highest BCUT2D eigenvalue weighted by molar-refractivity contribution is 6.01. The molecule has 0 amide bonds. The van der Waals surface area contributed by atoms with Crippen LogP contribution >= 0.6 is 0 Å². The van der Waals surface area contributed by atoms with E-state index < -0.39 is 34.6 Å². The Hall–Kier alpha value is -3.15. The van der Waals surface area contributed by atoms with E-state index in [9.17, 15) is 23.2 Å². The molecule has 2 heterocycles. The largest absolute Gasteiger partial charge is 0.465 e. The number of hydrogen-bond acceptors (Lipinski definition) is 5. The van der Waals surface area contributed by atoms with Crippen molar-refractivity contribution in [1.82, 2.24) is 4.98 Å². The van der Waals surface area contributed by atoms with Gasteiger partial charge in [-0.2, -0.15) is 18.4 Å². The predicted molar refractivity (Wildman–Crippen MR) is 89.6 cm³/mol. The number of nitrogens with zero attached hydrogens (tertiary/aromatic N) is 1. The number of nitrogens with one attached hydrogen (secondary N) is 1. The van der Waals surface area contributed by atoms with Crippen LogP contribution in [0.15, 0.2) is 23.6 Å². The summed E-state index contributed by atoms with van der Waals surface area (Å²) in [6.45, 7) is 4.50. The molecule has 1 aromatic carbocycles. The predicted octanol–water partition coefficient (Wildman–Crippen LogP) is 3.23. The second-order valence-corrected chi connectivity index (χ2v) is 6.25. The van der Waals surface area contributed by atoms with Crippen molar-refractivity contribution in [2.75, 3.05) is 6.61 Å². The number of halogens is 3. The molecule has 3 N–H and O–H groups in total. The Morgan fingerprint density at radius 2 is 2.07 bits per heavy atom. The van der Waals surface area contributed by atoms with Crippen molar-refractivity contribution in [1.29, 1.82) is 5.26 Å². The number of benzene rings is 1. The lowest BCUT2D eigenvalue weighted by Gasteiger charge is -2.36. The number of nitriles is 1. The molecule has 6 nitrogen and oxygen atoms in total. The number of carbonyl (C=O) groups excluding carboxylic acids is 1.